The zero-order chi connectivity index (χ0) is 30.7. The number of hydrogen-bond donors (Lipinski definition) is 4. The van der Waals surface area contributed by atoms with Gasteiger partial charge in [-0.1, -0.05) is 43.2 Å². The number of carbonyl (C=O) groups is 4. The molecule has 0 spiro atoms. The van der Waals surface area contributed by atoms with Crippen LogP contribution in [0.3, 0.4) is 0 Å². The van der Waals surface area contributed by atoms with Crippen molar-refractivity contribution in [3.8, 4) is 6.07 Å². The fraction of sp³-hybridized carbons (Fsp3) is 0.645. The lowest BCUT2D eigenvalue weighted by Gasteiger charge is -2.31. The SMILES string of the molecule is C[C@@H](OC(C)(C)C)[C@H](NC(=O)OCc1ccccc1)C(=O)N[C@@H](CCC1CC1)C(=O)N[C@H](CC#N)C[C@@H]1CCNC1=O. The third-order valence-electron chi connectivity index (χ3n) is 7.39. The minimum absolute atomic E-state index is 0.0290. The molecule has 1 aliphatic carbocycles. The quantitative estimate of drug-likeness (QED) is 0.247. The Hall–Kier alpha value is -3.65. The molecule has 1 aromatic rings. The zero-order valence-electron chi connectivity index (χ0n) is 25.1. The Bertz CT molecular complexity index is 1110. The largest absolute Gasteiger partial charge is 0.445 e. The molecular formula is C31H45N5O6. The molecule has 0 aromatic heterocycles. The Morgan fingerprint density at radius 3 is 2.38 bits per heavy atom. The monoisotopic (exact) mass is 583 g/mol. The second kappa shape index (κ2) is 15.5. The first-order chi connectivity index (χ1) is 19.9. The summed E-state index contributed by atoms with van der Waals surface area (Å²) in [4.78, 5) is 52.0. The molecule has 1 saturated carbocycles. The maximum atomic E-state index is 13.6. The summed E-state index contributed by atoms with van der Waals surface area (Å²) in [6.45, 7) is 7.82. The number of amides is 4. The van der Waals surface area contributed by atoms with Crippen LogP contribution in [0.4, 0.5) is 4.79 Å². The fourth-order valence-electron chi connectivity index (χ4n) is 5.07. The van der Waals surface area contributed by atoms with Gasteiger partial charge in [0.25, 0.3) is 0 Å². The van der Waals surface area contributed by atoms with Gasteiger partial charge in [0.05, 0.1) is 24.2 Å². The normalized spacial score (nSPS) is 19.4. The van der Waals surface area contributed by atoms with Crippen LogP contribution in [-0.2, 0) is 30.5 Å². The van der Waals surface area contributed by atoms with Crippen LogP contribution in [0.1, 0.15) is 78.2 Å². The van der Waals surface area contributed by atoms with E-state index in [1.165, 1.54) is 0 Å². The van der Waals surface area contributed by atoms with Crippen molar-refractivity contribution in [2.75, 3.05) is 6.54 Å². The number of rotatable bonds is 15. The Morgan fingerprint density at radius 2 is 1.79 bits per heavy atom. The van der Waals surface area contributed by atoms with Crippen molar-refractivity contribution in [2.45, 2.75) is 109 Å². The molecule has 11 nitrogen and oxygen atoms in total. The van der Waals surface area contributed by atoms with E-state index in [9.17, 15) is 24.4 Å². The van der Waals surface area contributed by atoms with Gasteiger partial charge < -0.3 is 30.7 Å². The summed E-state index contributed by atoms with van der Waals surface area (Å²) in [5.74, 6) is -0.830. The Kier molecular flexibility index (Phi) is 12.2. The smallest absolute Gasteiger partial charge is 0.408 e. The molecule has 2 aliphatic rings. The minimum atomic E-state index is -1.14. The molecule has 2 fully saturated rings. The first kappa shape index (κ1) is 32.9. The number of alkyl carbamates (subject to hydrolysis) is 1. The average molecular weight is 584 g/mol. The van der Waals surface area contributed by atoms with Crippen molar-refractivity contribution in [2.24, 2.45) is 11.8 Å². The number of nitrogens with one attached hydrogen (secondary N) is 4. The van der Waals surface area contributed by atoms with Crippen LogP contribution in [0.15, 0.2) is 30.3 Å². The Morgan fingerprint density at radius 1 is 1.07 bits per heavy atom. The molecule has 1 aromatic carbocycles. The highest BCUT2D eigenvalue weighted by molar-refractivity contribution is 5.91. The summed E-state index contributed by atoms with van der Waals surface area (Å²) in [6.07, 6.45) is 2.86. The van der Waals surface area contributed by atoms with Gasteiger partial charge in [-0.05, 0) is 64.9 Å². The van der Waals surface area contributed by atoms with Crippen LogP contribution in [-0.4, -0.2) is 60.2 Å². The maximum Gasteiger partial charge on any atom is 0.408 e. The predicted octanol–water partition coefficient (Wildman–Crippen LogP) is 3.08. The van der Waals surface area contributed by atoms with Gasteiger partial charge in [-0.25, -0.2) is 4.79 Å². The van der Waals surface area contributed by atoms with Crippen LogP contribution < -0.4 is 21.3 Å². The van der Waals surface area contributed by atoms with Crippen molar-refractivity contribution in [1.29, 1.82) is 5.26 Å². The zero-order valence-corrected chi connectivity index (χ0v) is 25.1. The van der Waals surface area contributed by atoms with E-state index in [-0.39, 0.29) is 24.9 Å². The number of nitrogens with zero attached hydrogens (tertiary/aromatic N) is 1. The summed E-state index contributed by atoms with van der Waals surface area (Å²) >= 11 is 0. The van der Waals surface area contributed by atoms with Crippen LogP contribution in [0, 0.1) is 23.2 Å². The highest BCUT2D eigenvalue weighted by Gasteiger charge is 2.35. The minimum Gasteiger partial charge on any atom is -0.445 e. The third-order valence-corrected chi connectivity index (χ3v) is 7.39. The van der Waals surface area contributed by atoms with E-state index in [1.54, 1.807) is 6.92 Å². The maximum absolute atomic E-state index is 13.6. The molecule has 42 heavy (non-hydrogen) atoms. The Balaban J connectivity index is 1.70. The predicted molar refractivity (Wildman–Crippen MR) is 156 cm³/mol. The highest BCUT2D eigenvalue weighted by atomic mass is 16.6. The van der Waals surface area contributed by atoms with Crippen molar-refractivity contribution in [1.82, 2.24) is 21.3 Å². The van der Waals surface area contributed by atoms with Crippen LogP contribution >= 0.6 is 0 Å². The molecule has 4 N–H and O–H groups in total. The lowest BCUT2D eigenvalue weighted by Crippen LogP contribution is -2.58. The molecule has 0 bridgehead atoms. The van der Waals surface area contributed by atoms with E-state index >= 15 is 0 Å². The lowest BCUT2D eigenvalue weighted by atomic mass is 9.96. The van der Waals surface area contributed by atoms with Crippen LogP contribution in [0.5, 0.6) is 0 Å². The van der Waals surface area contributed by atoms with Gasteiger partial charge in [-0.15, -0.1) is 0 Å². The summed E-state index contributed by atoms with van der Waals surface area (Å²) in [5, 5.41) is 20.5. The second-order valence-electron chi connectivity index (χ2n) is 12.3. The molecule has 0 unspecified atom stereocenters. The van der Waals surface area contributed by atoms with E-state index in [2.05, 4.69) is 27.3 Å². The van der Waals surface area contributed by atoms with Gasteiger partial charge >= 0.3 is 6.09 Å². The van der Waals surface area contributed by atoms with E-state index in [0.29, 0.717) is 31.7 Å². The summed E-state index contributed by atoms with van der Waals surface area (Å²) in [5.41, 5.74) is 0.194. The molecular weight excluding hydrogens is 538 g/mol. The van der Waals surface area contributed by atoms with E-state index in [1.807, 2.05) is 51.1 Å². The number of ether oxygens (including phenoxy) is 2. The molecule has 5 atom stereocenters. The Labute approximate surface area is 248 Å². The molecule has 230 valence electrons. The fourth-order valence-corrected chi connectivity index (χ4v) is 5.07. The molecule has 0 radical (unpaired) electrons. The first-order valence-corrected chi connectivity index (χ1v) is 14.9. The molecule has 4 amide bonds. The second-order valence-corrected chi connectivity index (χ2v) is 12.3. The molecule has 1 heterocycles. The number of hydrogen-bond acceptors (Lipinski definition) is 7. The number of nitriles is 1. The number of carbonyl (C=O) groups excluding carboxylic acids is 4. The van der Waals surface area contributed by atoms with E-state index in [0.717, 1.165) is 24.8 Å². The van der Waals surface area contributed by atoms with Gasteiger partial charge in [-0.2, -0.15) is 5.26 Å². The van der Waals surface area contributed by atoms with Gasteiger partial charge in [-0.3, -0.25) is 14.4 Å². The van der Waals surface area contributed by atoms with Crippen LogP contribution in [0.2, 0.25) is 0 Å². The molecule has 11 heteroatoms. The standard InChI is InChI=1S/C31H45N5O6/c1-20(42-31(2,3)4)26(36-30(40)41-19-22-8-6-5-7-9-22)29(39)35-25(13-12-21-10-11-21)28(38)34-24(14-16-32)18-23-15-17-33-27(23)37/h5-9,20-21,23-26H,10-15,17-19H2,1-4H3,(H,33,37)(H,34,38)(H,35,39)(H,36,40)/t20-,23+,24-,25+,26+/m1/s1. The lowest BCUT2D eigenvalue weighted by molar-refractivity contribution is -0.135. The van der Waals surface area contributed by atoms with E-state index < -0.39 is 47.7 Å². The van der Waals surface area contributed by atoms with E-state index in [4.69, 9.17) is 9.47 Å². The van der Waals surface area contributed by atoms with Gasteiger partial charge in [0, 0.05) is 18.5 Å². The van der Waals surface area contributed by atoms with Crippen molar-refractivity contribution < 1.29 is 28.7 Å². The summed E-state index contributed by atoms with van der Waals surface area (Å²) in [6, 6.07) is 8.72. The molecule has 1 aliphatic heterocycles. The van der Waals surface area contributed by atoms with Gasteiger partial charge in [0.15, 0.2) is 0 Å². The number of benzene rings is 1. The topological polar surface area (TPSA) is 159 Å². The van der Waals surface area contributed by atoms with Crippen LogP contribution in [0.25, 0.3) is 0 Å². The summed E-state index contributed by atoms with van der Waals surface area (Å²) in [7, 11) is 0. The van der Waals surface area contributed by atoms with Crippen molar-refractivity contribution in [3.63, 3.8) is 0 Å². The summed E-state index contributed by atoms with van der Waals surface area (Å²) < 4.78 is 11.4. The molecule has 1 saturated heterocycles. The first-order valence-electron chi connectivity index (χ1n) is 14.9. The van der Waals surface area contributed by atoms with Crippen molar-refractivity contribution >= 4 is 23.8 Å². The highest BCUT2D eigenvalue weighted by Crippen LogP contribution is 2.34. The molecule has 3 rings (SSSR count). The van der Waals surface area contributed by atoms with Gasteiger partial charge in [0.1, 0.15) is 18.7 Å². The average Bonchev–Trinajstić information content (AvgIpc) is 3.68. The third kappa shape index (κ3) is 11.3. The van der Waals surface area contributed by atoms with Gasteiger partial charge in [0.2, 0.25) is 17.7 Å². The van der Waals surface area contributed by atoms with Crippen molar-refractivity contribution in [3.05, 3.63) is 35.9 Å².